The summed E-state index contributed by atoms with van der Waals surface area (Å²) in [6, 6.07) is 17.0. The highest BCUT2D eigenvalue weighted by molar-refractivity contribution is 5.62. The molecule has 4 heteroatoms. The maximum Gasteiger partial charge on any atom is 0.118 e. The summed E-state index contributed by atoms with van der Waals surface area (Å²) >= 11 is 0. The summed E-state index contributed by atoms with van der Waals surface area (Å²) in [5.41, 5.74) is 5.27. The number of anilines is 1. The van der Waals surface area contributed by atoms with Gasteiger partial charge in [0.15, 0.2) is 0 Å². The highest BCUT2D eigenvalue weighted by atomic mass is 16.5. The minimum Gasteiger partial charge on any atom is -0.497 e. The number of hydrogen-bond donors (Lipinski definition) is 0. The summed E-state index contributed by atoms with van der Waals surface area (Å²) in [7, 11) is 1.69. The minimum absolute atomic E-state index is 0.651. The second-order valence-electron chi connectivity index (χ2n) is 8.17. The molecule has 0 N–H and O–H groups in total. The van der Waals surface area contributed by atoms with Crippen molar-refractivity contribution >= 4 is 11.9 Å². The highest BCUT2D eigenvalue weighted by Gasteiger charge is 2.21. The van der Waals surface area contributed by atoms with E-state index in [1.54, 1.807) is 7.11 Å². The van der Waals surface area contributed by atoms with Gasteiger partial charge in [-0.15, -0.1) is 0 Å². The van der Waals surface area contributed by atoms with Crippen LogP contribution in [0.1, 0.15) is 30.4 Å². The molecule has 0 aromatic heterocycles. The van der Waals surface area contributed by atoms with Crippen molar-refractivity contribution in [2.24, 2.45) is 10.9 Å². The Morgan fingerprint density at radius 3 is 2.68 bits per heavy atom. The van der Waals surface area contributed by atoms with Crippen LogP contribution < -0.4 is 9.64 Å². The van der Waals surface area contributed by atoms with Crippen LogP contribution in [-0.4, -0.2) is 33.0 Å². The van der Waals surface area contributed by atoms with Gasteiger partial charge in [-0.05, 0) is 72.2 Å². The van der Waals surface area contributed by atoms with Gasteiger partial charge >= 0.3 is 0 Å². The van der Waals surface area contributed by atoms with E-state index >= 15 is 0 Å². The summed E-state index contributed by atoms with van der Waals surface area (Å²) in [5.74, 6) is 1.54. The molecule has 0 atom stereocenters. The molecular weight excluding hydrogens is 384 g/mol. The third kappa shape index (κ3) is 6.08. The van der Waals surface area contributed by atoms with Crippen molar-refractivity contribution in [3.63, 3.8) is 0 Å². The molecule has 0 aliphatic carbocycles. The van der Waals surface area contributed by atoms with Gasteiger partial charge in [-0.3, -0.25) is 4.99 Å². The molecule has 2 aliphatic heterocycles. The van der Waals surface area contributed by atoms with Crippen LogP contribution in [-0.2, 0) is 17.8 Å². The molecule has 2 aliphatic rings. The van der Waals surface area contributed by atoms with Crippen LogP contribution in [0.3, 0.4) is 0 Å². The van der Waals surface area contributed by atoms with Crippen molar-refractivity contribution in [3.05, 3.63) is 83.6 Å². The number of ether oxygens (including phenoxy) is 2. The molecule has 0 amide bonds. The number of nitrogens with zero attached hydrogens (tertiary/aromatic N) is 2. The second kappa shape index (κ2) is 11.0. The molecule has 2 aromatic rings. The fourth-order valence-electron chi connectivity index (χ4n) is 4.30. The summed E-state index contributed by atoms with van der Waals surface area (Å²) in [6.07, 6.45) is 12.7. The van der Waals surface area contributed by atoms with Crippen molar-refractivity contribution in [2.75, 3.05) is 31.7 Å². The van der Waals surface area contributed by atoms with Gasteiger partial charge in [0.05, 0.1) is 20.3 Å². The maximum absolute atomic E-state index is 5.95. The van der Waals surface area contributed by atoms with E-state index in [0.717, 1.165) is 31.7 Å². The van der Waals surface area contributed by atoms with Gasteiger partial charge in [-0.25, -0.2) is 0 Å². The molecular formula is C27H32N2O2. The van der Waals surface area contributed by atoms with E-state index in [0.29, 0.717) is 19.1 Å². The SMILES string of the molecule is COc1ccc(CCOCc2cccc(N3CCC(C4=CCC=NC=C4)CC3)c2)cc1. The number of aliphatic imine (C=N–C) groups is 1. The lowest BCUT2D eigenvalue weighted by Gasteiger charge is -2.34. The van der Waals surface area contributed by atoms with E-state index in [-0.39, 0.29) is 0 Å². The Balaban J connectivity index is 1.24. The predicted molar refractivity (Wildman–Crippen MR) is 128 cm³/mol. The normalized spacial score (nSPS) is 16.8. The average molecular weight is 417 g/mol. The lowest BCUT2D eigenvalue weighted by molar-refractivity contribution is 0.124. The molecule has 4 nitrogen and oxygen atoms in total. The van der Waals surface area contributed by atoms with Crippen molar-refractivity contribution in [1.82, 2.24) is 0 Å². The monoisotopic (exact) mass is 416 g/mol. The summed E-state index contributed by atoms with van der Waals surface area (Å²) < 4.78 is 11.2. The van der Waals surface area contributed by atoms with Gasteiger partial charge in [-0.1, -0.05) is 30.3 Å². The standard InChI is InChI=1S/C27H32N2O2/c1-30-27-9-7-22(8-10-27)14-19-31-21-23-4-2-6-26(20-23)29-17-12-25(13-18-29)24-5-3-15-28-16-11-24/h2,4-11,15-16,20,25H,3,12-14,17-19,21H2,1H3. The first-order valence-corrected chi connectivity index (χ1v) is 11.2. The first-order chi connectivity index (χ1) is 15.3. The van der Waals surface area contributed by atoms with Gasteiger partial charge in [0.2, 0.25) is 0 Å². The summed E-state index contributed by atoms with van der Waals surface area (Å²) in [6.45, 7) is 3.56. The molecule has 1 fully saturated rings. The molecule has 0 bridgehead atoms. The van der Waals surface area contributed by atoms with E-state index in [4.69, 9.17) is 9.47 Å². The average Bonchev–Trinajstić information content (AvgIpc) is 3.12. The van der Waals surface area contributed by atoms with Crippen LogP contribution in [0.2, 0.25) is 0 Å². The molecule has 162 valence electrons. The van der Waals surface area contributed by atoms with Gasteiger partial charge < -0.3 is 14.4 Å². The van der Waals surface area contributed by atoms with E-state index in [2.05, 4.69) is 58.4 Å². The van der Waals surface area contributed by atoms with Gasteiger partial charge in [0.1, 0.15) is 5.75 Å². The quantitative estimate of drug-likeness (QED) is 0.527. The first kappa shape index (κ1) is 21.4. The van der Waals surface area contributed by atoms with E-state index < -0.39 is 0 Å². The number of allylic oxidation sites excluding steroid dienone is 3. The first-order valence-electron chi connectivity index (χ1n) is 11.2. The fraction of sp³-hybridized carbons (Fsp3) is 0.370. The highest BCUT2D eigenvalue weighted by Crippen LogP contribution is 2.29. The van der Waals surface area contributed by atoms with Crippen molar-refractivity contribution < 1.29 is 9.47 Å². The smallest absolute Gasteiger partial charge is 0.118 e. The van der Waals surface area contributed by atoms with Crippen LogP contribution in [0.25, 0.3) is 0 Å². The maximum atomic E-state index is 5.95. The van der Waals surface area contributed by atoms with Gasteiger partial charge in [0.25, 0.3) is 0 Å². The third-order valence-electron chi connectivity index (χ3n) is 6.12. The Morgan fingerprint density at radius 1 is 1.03 bits per heavy atom. The Kier molecular flexibility index (Phi) is 7.56. The Morgan fingerprint density at radius 2 is 1.87 bits per heavy atom. The molecule has 2 heterocycles. The zero-order valence-electron chi connectivity index (χ0n) is 18.4. The molecule has 0 unspecified atom stereocenters. The fourth-order valence-corrected chi connectivity index (χ4v) is 4.30. The van der Waals surface area contributed by atoms with E-state index in [1.165, 1.54) is 35.2 Å². The number of methoxy groups -OCH3 is 1. The van der Waals surface area contributed by atoms with Gasteiger partial charge in [-0.2, -0.15) is 0 Å². The molecule has 1 saturated heterocycles. The third-order valence-corrected chi connectivity index (χ3v) is 6.12. The Hall–Kier alpha value is -2.85. The van der Waals surface area contributed by atoms with Crippen LogP contribution in [0, 0.1) is 5.92 Å². The van der Waals surface area contributed by atoms with E-state index in [9.17, 15) is 0 Å². The van der Waals surface area contributed by atoms with Crippen LogP contribution in [0.4, 0.5) is 5.69 Å². The predicted octanol–water partition coefficient (Wildman–Crippen LogP) is 5.59. The zero-order valence-corrected chi connectivity index (χ0v) is 18.4. The number of piperidine rings is 1. The Labute approximate surface area is 185 Å². The van der Waals surface area contributed by atoms with Crippen molar-refractivity contribution in [3.8, 4) is 5.75 Å². The number of rotatable bonds is 8. The second-order valence-corrected chi connectivity index (χ2v) is 8.17. The Bertz CT molecular complexity index is 923. The topological polar surface area (TPSA) is 34.1 Å². The van der Waals surface area contributed by atoms with Crippen LogP contribution in [0.15, 0.2) is 77.4 Å². The van der Waals surface area contributed by atoms with Gasteiger partial charge in [0, 0.05) is 37.6 Å². The molecule has 2 aromatic carbocycles. The van der Waals surface area contributed by atoms with E-state index in [1.807, 2.05) is 24.5 Å². The van der Waals surface area contributed by atoms with Crippen LogP contribution >= 0.6 is 0 Å². The molecule has 4 rings (SSSR count). The molecule has 31 heavy (non-hydrogen) atoms. The molecule has 0 radical (unpaired) electrons. The lowest BCUT2D eigenvalue weighted by atomic mass is 9.88. The minimum atomic E-state index is 0.651. The number of hydrogen-bond acceptors (Lipinski definition) is 4. The largest absolute Gasteiger partial charge is 0.497 e. The van der Waals surface area contributed by atoms with Crippen molar-refractivity contribution in [1.29, 1.82) is 0 Å². The van der Waals surface area contributed by atoms with Crippen molar-refractivity contribution in [2.45, 2.75) is 32.3 Å². The zero-order chi connectivity index (χ0) is 21.3. The lowest BCUT2D eigenvalue weighted by Crippen LogP contribution is -2.34. The molecule has 0 spiro atoms. The molecule has 0 saturated carbocycles. The summed E-state index contributed by atoms with van der Waals surface area (Å²) in [4.78, 5) is 6.77. The summed E-state index contributed by atoms with van der Waals surface area (Å²) in [5, 5.41) is 0. The number of benzene rings is 2. The van der Waals surface area contributed by atoms with Crippen LogP contribution in [0.5, 0.6) is 5.75 Å².